The van der Waals surface area contributed by atoms with E-state index < -0.39 is 35.8 Å². The SMILES string of the molecule is CON1C(C)(C)CC(NC(=O)CC(OS(=O)O)C(=O)O)CC1(C)C. The summed E-state index contributed by atoms with van der Waals surface area (Å²) in [4.78, 5) is 28.6. The Balaban J connectivity index is 2.73. The Kier molecular flexibility index (Phi) is 6.88. The van der Waals surface area contributed by atoms with E-state index >= 15 is 0 Å². The maximum absolute atomic E-state index is 12.1. The number of rotatable bonds is 7. The summed E-state index contributed by atoms with van der Waals surface area (Å²) in [6.07, 6.45) is -0.982. The van der Waals surface area contributed by atoms with E-state index in [4.69, 9.17) is 14.5 Å². The first-order valence-corrected chi connectivity index (χ1v) is 8.57. The van der Waals surface area contributed by atoms with Crippen LogP contribution in [0.15, 0.2) is 0 Å². The van der Waals surface area contributed by atoms with Crippen LogP contribution in [0.5, 0.6) is 0 Å². The molecule has 1 amide bonds. The zero-order valence-electron chi connectivity index (χ0n) is 14.6. The lowest BCUT2D eigenvalue weighted by molar-refractivity contribution is -0.267. The third-order valence-electron chi connectivity index (χ3n) is 3.98. The van der Waals surface area contributed by atoms with E-state index in [1.165, 1.54) is 0 Å². The summed E-state index contributed by atoms with van der Waals surface area (Å²) in [5.74, 6) is -2.02. The van der Waals surface area contributed by atoms with E-state index in [0.717, 1.165) is 0 Å². The van der Waals surface area contributed by atoms with Crippen LogP contribution in [0.4, 0.5) is 0 Å². The lowest BCUT2D eigenvalue weighted by atomic mass is 9.79. The van der Waals surface area contributed by atoms with E-state index in [-0.39, 0.29) is 17.1 Å². The Morgan fingerprint density at radius 2 is 1.79 bits per heavy atom. The first-order valence-electron chi connectivity index (χ1n) is 7.53. The van der Waals surface area contributed by atoms with E-state index in [2.05, 4.69) is 9.50 Å². The first kappa shape index (κ1) is 21.0. The Labute approximate surface area is 144 Å². The molecule has 0 aromatic carbocycles. The Morgan fingerprint density at radius 3 is 2.17 bits per heavy atom. The van der Waals surface area contributed by atoms with Crippen molar-refractivity contribution in [3.05, 3.63) is 0 Å². The summed E-state index contributed by atoms with van der Waals surface area (Å²) in [5.41, 5.74) is -0.659. The molecule has 0 aromatic rings. The predicted octanol–water partition coefficient (Wildman–Crippen LogP) is 0.682. The van der Waals surface area contributed by atoms with E-state index in [0.29, 0.717) is 12.8 Å². The van der Waals surface area contributed by atoms with Crippen LogP contribution in [0, 0.1) is 0 Å². The van der Waals surface area contributed by atoms with Crippen molar-refractivity contribution in [1.82, 2.24) is 10.4 Å². The summed E-state index contributed by atoms with van der Waals surface area (Å²) in [7, 11) is 1.60. The van der Waals surface area contributed by atoms with Crippen molar-refractivity contribution in [3.63, 3.8) is 0 Å². The first-order chi connectivity index (χ1) is 10.9. The van der Waals surface area contributed by atoms with Gasteiger partial charge >= 0.3 is 17.3 Å². The van der Waals surface area contributed by atoms with Gasteiger partial charge in [-0.2, -0.15) is 9.27 Å². The molecule has 1 saturated heterocycles. The van der Waals surface area contributed by atoms with Crippen molar-refractivity contribution in [3.8, 4) is 0 Å². The summed E-state index contributed by atoms with van der Waals surface area (Å²) >= 11 is -2.75. The molecule has 0 aromatic heterocycles. The molecule has 24 heavy (non-hydrogen) atoms. The standard InChI is InChI=1S/C14H26N2O7S/c1-13(2)7-9(8-14(3,4)16(13)22-5)15-11(17)6-10(12(18)19)23-24(20)21/h9-10H,6-8H2,1-5H3,(H,15,17)(H,18,19)(H,20,21). The molecule has 1 fully saturated rings. The number of carbonyl (C=O) groups is 2. The highest BCUT2D eigenvalue weighted by Gasteiger charge is 2.46. The van der Waals surface area contributed by atoms with Gasteiger partial charge in [-0.05, 0) is 40.5 Å². The molecule has 1 heterocycles. The van der Waals surface area contributed by atoms with Crippen LogP contribution in [0.3, 0.4) is 0 Å². The van der Waals surface area contributed by atoms with Gasteiger partial charge in [0.25, 0.3) is 0 Å². The summed E-state index contributed by atoms with van der Waals surface area (Å²) in [6, 6.07) is -0.178. The van der Waals surface area contributed by atoms with Gasteiger partial charge in [-0.3, -0.25) is 13.5 Å². The minimum absolute atomic E-state index is 0.178. The summed E-state index contributed by atoms with van der Waals surface area (Å²) in [6.45, 7) is 7.98. The van der Waals surface area contributed by atoms with Gasteiger partial charge in [0, 0.05) is 17.1 Å². The molecule has 0 radical (unpaired) electrons. The van der Waals surface area contributed by atoms with E-state index in [1.807, 2.05) is 32.8 Å². The third kappa shape index (κ3) is 5.49. The van der Waals surface area contributed by atoms with Gasteiger partial charge in [-0.1, -0.05) is 0 Å². The van der Waals surface area contributed by atoms with Crippen LogP contribution in [0.25, 0.3) is 0 Å². The number of nitrogens with zero attached hydrogens (tertiary/aromatic N) is 1. The molecule has 0 aliphatic carbocycles. The fraction of sp³-hybridized carbons (Fsp3) is 0.857. The van der Waals surface area contributed by atoms with Crippen molar-refractivity contribution < 1.29 is 32.5 Å². The molecule has 3 N–H and O–H groups in total. The van der Waals surface area contributed by atoms with E-state index in [1.54, 1.807) is 7.11 Å². The number of hydrogen-bond acceptors (Lipinski definition) is 6. The molecular weight excluding hydrogens is 340 g/mol. The van der Waals surface area contributed by atoms with Crippen LogP contribution in [-0.2, 0) is 30.0 Å². The summed E-state index contributed by atoms with van der Waals surface area (Å²) < 4.78 is 23.6. The number of carboxylic acids is 1. The van der Waals surface area contributed by atoms with Crippen LogP contribution in [-0.4, -0.2) is 61.1 Å². The van der Waals surface area contributed by atoms with Gasteiger partial charge in [0.1, 0.15) is 0 Å². The Hall–Kier alpha value is -1.07. The lowest BCUT2D eigenvalue weighted by Gasteiger charge is -2.53. The molecule has 140 valence electrons. The third-order valence-corrected chi connectivity index (χ3v) is 4.38. The zero-order valence-corrected chi connectivity index (χ0v) is 15.4. The number of carbonyl (C=O) groups excluding carboxylic acids is 1. The average molecular weight is 366 g/mol. The van der Waals surface area contributed by atoms with Gasteiger partial charge in [0.2, 0.25) is 5.91 Å². The van der Waals surface area contributed by atoms with Crippen molar-refractivity contribution >= 4 is 23.2 Å². The molecule has 0 bridgehead atoms. The van der Waals surface area contributed by atoms with Crippen molar-refractivity contribution in [2.24, 2.45) is 0 Å². The summed E-state index contributed by atoms with van der Waals surface area (Å²) in [5, 5.41) is 13.6. The van der Waals surface area contributed by atoms with Gasteiger partial charge in [0.15, 0.2) is 6.10 Å². The molecule has 1 aliphatic heterocycles. The van der Waals surface area contributed by atoms with Crippen LogP contribution >= 0.6 is 0 Å². The highest BCUT2D eigenvalue weighted by atomic mass is 32.2. The highest BCUT2D eigenvalue weighted by Crippen LogP contribution is 2.38. The second-order valence-electron chi connectivity index (χ2n) is 7.12. The number of nitrogens with one attached hydrogen (secondary N) is 1. The van der Waals surface area contributed by atoms with Gasteiger partial charge in [0.05, 0.1) is 13.5 Å². The Bertz CT molecular complexity index is 491. The van der Waals surface area contributed by atoms with Crippen LogP contribution < -0.4 is 5.32 Å². The molecule has 1 aliphatic rings. The second-order valence-corrected chi connectivity index (χ2v) is 7.75. The lowest BCUT2D eigenvalue weighted by Crippen LogP contribution is -2.63. The van der Waals surface area contributed by atoms with Crippen molar-refractivity contribution in [2.75, 3.05) is 7.11 Å². The number of hydrogen-bond donors (Lipinski definition) is 3. The van der Waals surface area contributed by atoms with E-state index in [9.17, 15) is 13.8 Å². The number of carboxylic acid groups (broad SMARTS) is 1. The zero-order chi connectivity index (χ0) is 18.7. The maximum Gasteiger partial charge on any atom is 0.334 e. The predicted molar refractivity (Wildman–Crippen MR) is 86.1 cm³/mol. The highest BCUT2D eigenvalue weighted by molar-refractivity contribution is 7.74. The van der Waals surface area contributed by atoms with Crippen LogP contribution in [0.1, 0.15) is 47.0 Å². The second kappa shape index (κ2) is 7.87. The quantitative estimate of drug-likeness (QED) is 0.562. The molecule has 9 nitrogen and oxygen atoms in total. The smallest absolute Gasteiger partial charge is 0.334 e. The maximum atomic E-state index is 12.1. The minimum atomic E-state index is -2.75. The number of hydroxylamine groups is 2. The largest absolute Gasteiger partial charge is 0.479 e. The van der Waals surface area contributed by atoms with Crippen LogP contribution in [0.2, 0.25) is 0 Å². The van der Waals surface area contributed by atoms with Gasteiger partial charge in [-0.15, -0.1) is 0 Å². The minimum Gasteiger partial charge on any atom is -0.479 e. The molecule has 0 saturated carbocycles. The molecule has 0 spiro atoms. The Morgan fingerprint density at radius 1 is 1.29 bits per heavy atom. The monoisotopic (exact) mass is 366 g/mol. The van der Waals surface area contributed by atoms with Crippen molar-refractivity contribution in [2.45, 2.75) is 70.2 Å². The number of amides is 1. The fourth-order valence-electron chi connectivity index (χ4n) is 3.58. The average Bonchev–Trinajstić information content (AvgIpc) is 2.34. The molecular formula is C14H26N2O7S. The molecule has 10 heteroatoms. The molecule has 1 rings (SSSR count). The fourth-order valence-corrected chi connectivity index (χ4v) is 3.93. The molecule has 2 atom stereocenters. The van der Waals surface area contributed by atoms with Gasteiger partial charge < -0.3 is 15.3 Å². The van der Waals surface area contributed by atoms with Crippen molar-refractivity contribution in [1.29, 1.82) is 0 Å². The van der Waals surface area contributed by atoms with Gasteiger partial charge in [-0.25, -0.2) is 4.79 Å². The number of piperidine rings is 1. The normalized spacial score (nSPS) is 23.4. The number of aliphatic carboxylic acids is 1. The topological polar surface area (TPSA) is 125 Å². The molecule has 2 unspecified atom stereocenters.